The number of ether oxygens (including phenoxy) is 5. The van der Waals surface area contributed by atoms with Crippen LogP contribution in [0.5, 0.6) is 0 Å². The van der Waals surface area contributed by atoms with E-state index in [2.05, 4.69) is 23.7 Å². The average molecular weight is 333 g/mol. The fraction of sp³-hybridized carbons (Fsp3) is 0.556. The lowest BCUT2D eigenvalue weighted by molar-refractivity contribution is -0.148. The van der Waals surface area contributed by atoms with E-state index >= 15 is 0 Å². The number of rotatable bonds is 2. The first kappa shape index (κ1) is 18.3. The molecule has 114 valence electrons. The molecule has 0 N–H and O–H groups in total. The van der Waals surface area contributed by atoms with Gasteiger partial charge in [-0.3, -0.25) is 4.79 Å². The minimum atomic E-state index is -0.904. The molecule has 2 rings (SSSR count). The van der Waals surface area contributed by atoms with E-state index in [0.717, 1.165) is 0 Å². The van der Waals surface area contributed by atoms with Crippen LogP contribution in [0, 0.1) is 0 Å². The maximum atomic E-state index is 10.6. The Labute approximate surface area is 123 Å². The average Bonchev–Trinajstić information content (AvgIpc) is 2.98. The molecule has 0 bridgehead atoms. The third kappa shape index (κ3) is 5.49. The summed E-state index contributed by atoms with van der Waals surface area (Å²) in [7, 11) is 1.22. The van der Waals surface area contributed by atoms with Crippen LogP contribution in [-0.2, 0) is 33.3 Å². The Bertz CT molecular complexity index is 397. The lowest BCUT2D eigenvalue weighted by Crippen LogP contribution is -2.23. The van der Waals surface area contributed by atoms with Crippen molar-refractivity contribution in [2.45, 2.75) is 12.2 Å². The van der Waals surface area contributed by atoms with E-state index in [-0.39, 0.29) is 25.6 Å². The van der Waals surface area contributed by atoms with Gasteiger partial charge >= 0.3 is 18.3 Å². The van der Waals surface area contributed by atoms with E-state index < -0.39 is 35.7 Å². The van der Waals surface area contributed by atoms with Crippen LogP contribution in [0.15, 0.2) is 0 Å². The Morgan fingerprint density at radius 3 is 1.80 bits per heavy atom. The number of hydrogen-bond donors (Lipinski definition) is 0. The molecule has 2 aliphatic rings. The van der Waals surface area contributed by atoms with Crippen molar-refractivity contribution in [1.82, 2.24) is 0 Å². The fourth-order valence-electron chi connectivity index (χ4n) is 1.02. The summed E-state index contributed by atoms with van der Waals surface area (Å²) in [6.45, 7) is -0.118. The van der Waals surface area contributed by atoms with E-state index in [1.807, 2.05) is 0 Å². The largest absolute Gasteiger partial charge is 0.509 e. The summed E-state index contributed by atoms with van der Waals surface area (Å²) in [4.78, 5) is 41.1. The molecule has 2 atom stereocenters. The molecular weight excluding hydrogens is 323 g/mol. The molecule has 0 aromatic heterocycles. The highest BCUT2D eigenvalue weighted by Gasteiger charge is 2.32. The molecule has 2 saturated heterocycles. The third-order valence-corrected chi connectivity index (χ3v) is 2.14. The minimum Gasteiger partial charge on any atom is -0.466 e. The molecule has 20 heavy (non-hydrogen) atoms. The Balaban J connectivity index is 0.000000345. The third-order valence-electron chi connectivity index (χ3n) is 1.90. The quantitative estimate of drug-likeness (QED) is 0.402. The summed E-state index contributed by atoms with van der Waals surface area (Å²) < 4.78 is 21.5. The topological polar surface area (TPSA) is 114 Å². The first-order valence-electron chi connectivity index (χ1n) is 4.88. The molecule has 11 heteroatoms. The number of carbonyl (C=O) groups excluding carboxylic acids is 4. The first-order valence-corrected chi connectivity index (χ1v) is 5.25. The maximum absolute atomic E-state index is 10.6. The Morgan fingerprint density at radius 1 is 1.10 bits per heavy atom. The van der Waals surface area contributed by atoms with Gasteiger partial charge in [0.1, 0.15) is 13.2 Å². The lowest BCUT2D eigenvalue weighted by Gasteiger charge is -2.00. The van der Waals surface area contributed by atoms with E-state index in [1.165, 1.54) is 7.11 Å². The van der Waals surface area contributed by atoms with Crippen LogP contribution in [0.1, 0.15) is 0 Å². The van der Waals surface area contributed by atoms with Crippen LogP contribution in [0.2, 0.25) is 0 Å². The summed E-state index contributed by atoms with van der Waals surface area (Å²) in [5.41, 5.74) is 0. The molecule has 0 aromatic rings. The van der Waals surface area contributed by atoms with Crippen LogP contribution in [0.3, 0.4) is 0 Å². The van der Waals surface area contributed by atoms with E-state index in [4.69, 9.17) is 11.6 Å². The van der Waals surface area contributed by atoms with Crippen LogP contribution in [0.25, 0.3) is 0 Å². The lowest BCUT2D eigenvalue weighted by atomic mass is 10.4. The summed E-state index contributed by atoms with van der Waals surface area (Å²) in [5, 5.41) is -0.708. The van der Waals surface area contributed by atoms with Gasteiger partial charge in [0.15, 0.2) is 0 Å². The van der Waals surface area contributed by atoms with Gasteiger partial charge < -0.3 is 23.7 Å². The Kier molecular flexibility index (Phi) is 7.70. The Hall–Kier alpha value is -1.74. The summed E-state index contributed by atoms with van der Waals surface area (Å²) in [5.74, 6) is -0.592. The number of hydrogen-bond acceptors (Lipinski definition) is 9. The van der Waals surface area contributed by atoms with Gasteiger partial charge in [0.2, 0.25) is 12.2 Å². The predicted octanol–water partition coefficient (Wildman–Crippen LogP) is 0.404. The summed E-state index contributed by atoms with van der Waals surface area (Å²) >= 11 is 4.95. The molecule has 0 aliphatic carbocycles. The molecular formula is C9H10Cl2O9. The second-order valence-electron chi connectivity index (χ2n) is 3.16. The monoisotopic (exact) mass is 332 g/mol. The van der Waals surface area contributed by atoms with Crippen molar-refractivity contribution in [2.75, 3.05) is 20.3 Å². The van der Waals surface area contributed by atoms with Crippen molar-refractivity contribution in [2.24, 2.45) is 0 Å². The summed E-state index contributed by atoms with van der Waals surface area (Å²) in [6, 6.07) is 0. The molecule has 0 saturated carbocycles. The molecule has 0 amide bonds. The number of methoxy groups -OCH3 is 1. The van der Waals surface area contributed by atoms with Gasteiger partial charge in [-0.2, -0.15) is 0 Å². The first-order chi connectivity index (χ1) is 8.93. The molecule has 2 fully saturated rings. The molecule has 9 nitrogen and oxygen atoms in total. The highest BCUT2D eigenvalue weighted by atomic mass is 35.5. The fourth-order valence-corrected chi connectivity index (χ4v) is 1.12. The van der Waals surface area contributed by atoms with Crippen molar-refractivity contribution in [1.29, 1.82) is 0 Å². The molecule has 0 radical (unpaired) electrons. The highest BCUT2D eigenvalue weighted by Crippen LogP contribution is 2.08. The zero-order valence-electron chi connectivity index (χ0n) is 10.0. The van der Waals surface area contributed by atoms with Gasteiger partial charge in [0.25, 0.3) is 5.24 Å². The normalized spacial score (nSPS) is 22.9. The van der Waals surface area contributed by atoms with Crippen LogP contribution in [-0.4, -0.2) is 56.1 Å². The van der Waals surface area contributed by atoms with Crippen molar-refractivity contribution >= 4 is 47.5 Å². The number of esters is 1. The second kappa shape index (κ2) is 8.43. The standard InChI is InChI=1S/C5H6O5.C4H3ClO4.ClH/c1-8-4(6)3-2-9-5(7)10-3;5-3(6)2-1-8-4(7)9-2;/h3H,2H2,1H3;2H,1H2;1H. The maximum Gasteiger partial charge on any atom is 0.509 e. The molecule has 0 aromatic carbocycles. The van der Waals surface area contributed by atoms with Gasteiger partial charge in [-0.15, -0.1) is 12.4 Å². The van der Waals surface area contributed by atoms with Crippen LogP contribution < -0.4 is 0 Å². The number of halogens is 2. The van der Waals surface area contributed by atoms with E-state index in [1.54, 1.807) is 0 Å². The molecule has 2 aliphatic heterocycles. The van der Waals surface area contributed by atoms with Gasteiger partial charge in [-0.05, 0) is 11.6 Å². The van der Waals surface area contributed by atoms with Crippen LogP contribution in [0.4, 0.5) is 9.59 Å². The zero-order valence-corrected chi connectivity index (χ0v) is 11.6. The van der Waals surface area contributed by atoms with Crippen molar-refractivity contribution < 1.29 is 42.9 Å². The Morgan fingerprint density at radius 2 is 1.55 bits per heavy atom. The van der Waals surface area contributed by atoms with Gasteiger partial charge in [-0.25, -0.2) is 14.4 Å². The summed E-state index contributed by atoms with van der Waals surface area (Å²) in [6.07, 6.45) is -3.44. The number of cyclic esters (lactones) is 4. The van der Waals surface area contributed by atoms with Gasteiger partial charge in [0.05, 0.1) is 7.11 Å². The van der Waals surface area contributed by atoms with Crippen molar-refractivity contribution in [3.63, 3.8) is 0 Å². The van der Waals surface area contributed by atoms with Gasteiger partial charge in [-0.1, -0.05) is 0 Å². The van der Waals surface area contributed by atoms with Gasteiger partial charge in [0, 0.05) is 0 Å². The highest BCUT2D eigenvalue weighted by molar-refractivity contribution is 6.64. The zero-order chi connectivity index (χ0) is 14.4. The predicted molar refractivity (Wildman–Crippen MR) is 62.6 cm³/mol. The minimum absolute atomic E-state index is 0. The molecule has 2 heterocycles. The SMILES string of the molecule is COC(=O)C1COC(=O)O1.Cl.O=C1OCC(C(=O)Cl)O1. The van der Waals surface area contributed by atoms with Crippen molar-refractivity contribution in [3.8, 4) is 0 Å². The number of carbonyl (C=O) groups is 4. The van der Waals surface area contributed by atoms with Crippen molar-refractivity contribution in [3.05, 3.63) is 0 Å². The molecule has 0 spiro atoms. The van der Waals surface area contributed by atoms with Crippen LogP contribution >= 0.6 is 24.0 Å². The second-order valence-corrected chi connectivity index (χ2v) is 3.53. The molecule has 2 unspecified atom stereocenters. The van der Waals surface area contributed by atoms with E-state index in [0.29, 0.717) is 0 Å². The smallest absolute Gasteiger partial charge is 0.466 e. The van der Waals surface area contributed by atoms with E-state index in [9.17, 15) is 19.2 Å².